The van der Waals surface area contributed by atoms with Gasteiger partial charge in [0.2, 0.25) is 5.89 Å². The van der Waals surface area contributed by atoms with E-state index in [0.29, 0.717) is 16.1 Å². The molecule has 0 radical (unpaired) electrons. The smallest absolute Gasteiger partial charge is 0.245 e. The monoisotopic (exact) mass is 304 g/mol. The average molecular weight is 305 g/mol. The first kappa shape index (κ1) is 13.6. The van der Waals surface area contributed by atoms with Crippen LogP contribution in [-0.4, -0.2) is 15.9 Å². The minimum Gasteiger partial charge on any atom is -0.435 e. The van der Waals surface area contributed by atoms with Gasteiger partial charge in [-0.15, -0.1) is 0 Å². The molecule has 0 unspecified atom stereocenters. The Hall–Kier alpha value is -2.40. The minimum atomic E-state index is -0.322. The van der Waals surface area contributed by atoms with E-state index in [0.717, 1.165) is 5.56 Å². The molecule has 3 rings (SSSR count). The lowest BCUT2D eigenvalue weighted by molar-refractivity contribution is 0.317. The molecule has 0 aliphatic rings. The highest BCUT2D eigenvalue weighted by molar-refractivity contribution is 6.31. The van der Waals surface area contributed by atoms with Crippen LogP contribution in [0.1, 0.15) is 11.5 Å². The van der Waals surface area contributed by atoms with E-state index in [4.69, 9.17) is 21.2 Å². The van der Waals surface area contributed by atoms with E-state index < -0.39 is 0 Å². The van der Waals surface area contributed by atoms with Crippen LogP contribution in [0.3, 0.4) is 0 Å². The van der Waals surface area contributed by atoms with Crippen molar-refractivity contribution < 1.29 is 14.0 Å². The van der Waals surface area contributed by atoms with Gasteiger partial charge in [-0.1, -0.05) is 28.9 Å². The number of oxazole rings is 1. The van der Waals surface area contributed by atoms with Gasteiger partial charge in [0.05, 0.1) is 0 Å². The van der Waals surface area contributed by atoms with Crippen molar-refractivity contribution in [3.05, 3.63) is 64.8 Å². The van der Waals surface area contributed by atoms with Crippen molar-refractivity contribution in [3.63, 3.8) is 0 Å². The molecule has 0 saturated heterocycles. The highest BCUT2D eigenvalue weighted by Crippen LogP contribution is 2.21. The van der Waals surface area contributed by atoms with Gasteiger partial charge in [0, 0.05) is 11.4 Å². The van der Waals surface area contributed by atoms with E-state index in [9.17, 15) is 4.39 Å². The third-order valence-electron chi connectivity index (χ3n) is 3.00. The zero-order chi connectivity index (χ0) is 14.8. The van der Waals surface area contributed by atoms with Gasteiger partial charge in [0.25, 0.3) is 0 Å². The second-order valence-corrected chi connectivity index (χ2v) is 4.92. The molecule has 3 aromatic rings. The van der Waals surface area contributed by atoms with E-state index in [-0.39, 0.29) is 23.8 Å². The van der Waals surface area contributed by atoms with Crippen LogP contribution in [-0.2, 0) is 6.42 Å². The average Bonchev–Trinajstić information content (AvgIpc) is 2.89. The van der Waals surface area contributed by atoms with Crippen LogP contribution in [0.2, 0.25) is 5.02 Å². The first-order valence-electron chi connectivity index (χ1n) is 6.17. The lowest BCUT2D eigenvalue weighted by Gasteiger charge is -2.00. The molecular weight excluding hydrogens is 295 g/mol. The summed E-state index contributed by atoms with van der Waals surface area (Å²) in [7, 11) is 0. The van der Waals surface area contributed by atoms with Gasteiger partial charge >= 0.3 is 0 Å². The summed E-state index contributed by atoms with van der Waals surface area (Å²) in [4.78, 5) is 4.24. The first-order chi connectivity index (χ1) is 10.2. The second kappa shape index (κ2) is 5.54. The van der Waals surface area contributed by atoms with E-state index in [1.165, 1.54) is 12.1 Å². The van der Waals surface area contributed by atoms with Crippen LogP contribution >= 0.6 is 11.6 Å². The third-order valence-corrected chi connectivity index (χ3v) is 3.24. The predicted molar refractivity (Wildman–Crippen MR) is 77.4 cm³/mol. The van der Waals surface area contributed by atoms with Crippen LogP contribution in [0.4, 0.5) is 4.39 Å². The van der Waals surface area contributed by atoms with Crippen LogP contribution in [0.15, 0.2) is 52.0 Å². The molecule has 6 heteroatoms. The molecule has 0 saturated carbocycles. The number of nitrogens with zero attached hydrogens (tertiary/aromatic N) is 2. The number of aromatic nitrogens is 1. The maximum Gasteiger partial charge on any atom is 0.245 e. The van der Waals surface area contributed by atoms with Crippen LogP contribution in [0.5, 0.6) is 0 Å². The third kappa shape index (κ3) is 2.87. The molecular formula is C15H10ClFN2O2. The van der Waals surface area contributed by atoms with Gasteiger partial charge < -0.3 is 9.62 Å². The summed E-state index contributed by atoms with van der Waals surface area (Å²) in [5.41, 5.74) is 2.17. The maximum atomic E-state index is 12.9. The normalized spacial score (nSPS) is 12.0. The molecule has 1 N–H and O–H groups in total. The number of hydrogen-bond acceptors (Lipinski definition) is 4. The number of fused-ring (bicyclic) bond motifs is 1. The fourth-order valence-corrected chi connectivity index (χ4v) is 2.14. The van der Waals surface area contributed by atoms with Crippen LogP contribution in [0, 0.1) is 5.82 Å². The van der Waals surface area contributed by atoms with Gasteiger partial charge in [0.1, 0.15) is 17.0 Å². The SMILES string of the molecule is O/N=C(\Cc1ccc(F)cc1)c1nc2cc(Cl)ccc2o1. The summed E-state index contributed by atoms with van der Waals surface area (Å²) >= 11 is 5.89. The van der Waals surface area contributed by atoms with Gasteiger partial charge in [-0.05, 0) is 35.9 Å². The molecule has 0 atom stereocenters. The fraction of sp³-hybridized carbons (Fsp3) is 0.0667. The largest absolute Gasteiger partial charge is 0.435 e. The van der Waals surface area contributed by atoms with Crippen LogP contribution < -0.4 is 0 Å². The maximum absolute atomic E-state index is 12.9. The summed E-state index contributed by atoms with van der Waals surface area (Å²) in [5, 5.41) is 12.9. The number of benzene rings is 2. The quantitative estimate of drug-likeness (QED) is 0.451. The van der Waals surface area contributed by atoms with E-state index >= 15 is 0 Å². The van der Waals surface area contributed by atoms with Gasteiger partial charge in [-0.25, -0.2) is 9.37 Å². The molecule has 0 aliphatic heterocycles. The molecule has 1 aromatic heterocycles. The van der Waals surface area contributed by atoms with Crippen molar-refractivity contribution in [2.75, 3.05) is 0 Å². The minimum absolute atomic E-state index is 0.207. The summed E-state index contributed by atoms with van der Waals surface area (Å²) in [5.74, 6) is -0.114. The van der Waals surface area contributed by atoms with E-state index in [1.54, 1.807) is 30.3 Å². The molecule has 0 spiro atoms. The molecule has 21 heavy (non-hydrogen) atoms. The Bertz CT molecular complexity index is 812. The number of halogens is 2. The summed E-state index contributed by atoms with van der Waals surface area (Å²) in [6, 6.07) is 11.0. The molecule has 0 amide bonds. The Balaban J connectivity index is 1.93. The standard InChI is InChI=1S/C15H10ClFN2O2/c16-10-3-6-14-12(8-10)18-15(21-14)13(19-20)7-9-1-4-11(17)5-2-9/h1-6,8,20H,7H2/b19-13+. The summed E-state index contributed by atoms with van der Waals surface area (Å²) in [6.45, 7) is 0. The van der Waals surface area contributed by atoms with Crippen molar-refractivity contribution in [2.45, 2.75) is 6.42 Å². The lowest BCUT2D eigenvalue weighted by atomic mass is 10.1. The van der Waals surface area contributed by atoms with Crippen molar-refractivity contribution in [3.8, 4) is 0 Å². The van der Waals surface area contributed by atoms with Crippen molar-refractivity contribution in [1.29, 1.82) is 0 Å². The summed E-state index contributed by atoms with van der Waals surface area (Å²) in [6.07, 6.45) is 0.275. The van der Waals surface area contributed by atoms with Crippen molar-refractivity contribution in [2.24, 2.45) is 5.16 Å². The zero-order valence-electron chi connectivity index (χ0n) is 10.8. The lowest BCUT2D eigenvalue weighted by Crippen LogP contribution is -2.05. The Labute approximate surface area is 124 Å². The van der Waals surface area contributed by atoms with Crippen LogP contribution in [0.25, 0.3) is 11.1 Å². The van der Waals surface area contributed by atoms with Gasteiger partial charge in [-0.2, -0.15) is 0 Å². The van der Waals surface area contributed by atoms with E-state index in [1.807, 2.05) is 0 Å². The molecule has 106 valence electrons. The molecule has 1 heterocycles. The Morgan fingerprint density at radius 1 is 1.24 bits per heavy atom. The van der Waals surface area contributed by atoms with Crippen molar-refractivity contribution >= 4 is 28.4 Å². The molecule has 0 aliphatic carbocycles. The number of oxime groups is 1. The van der Waals surface area contributed by atoms with Gasteiger partial charge in [0.15, 0.2) is 5.58 Å². The molecule has 2 aromatic carbocycles. The highest BCUT2D eigenvalue weighted by atomic mass is 35.5. The topological polar surface area (TPSA) is 58.6 Å². The van der Waals surface area contributed by atoms with E-state index in [2.05, 4.69) is 10.1 Å². The molecule has 0 fully saturated rings. The second-order valence-electron chi connectivity index (χ2n) is 4.48. The zero-order valence-corrected chi connectivity index (χ0v) is 11.5. The Morgan fingerprint density at radius 3 is 2.71 bits per heavy atom. The molecule has 4 nitrogen and oxygen atoms in total. The number of hydrogen-bond donors (Lipinski definition) is 1. The summed E-state index contributed by atoms with van der Waals surface area (Å²) < 4.78 is 18.4. The first-order valence-corrected chi connectivity index (χ1v) is 6.55. The fourth-order valence-electron chi connectivity index (χ4n) is 1.97. The number of rotatable bonds is 3. The highest BCUT2D eigenvalue weighted by Gasteiger charge is 2.14. The van der Waals surface area contributed by atoms with Crippen molar-refractivity contribution in [1.82, 2.24) is 4.98 Å². The Kier molecular flexibility index (Phi) is 3.58. The van der Waals surface area contributed by atoms with Gasteiger partial charge in [-0.3, -0.25) is 0 Å². The predicted octanol–water partition coefficient (Wildman–Crippen LogP) is 4.04. The molecule has 0 bridgehead atoms. The Morgan fingerprint density at radius 2 is 2.00 bits per heavy atom.